The average Bonchev–Trinajstić information content (AvgIpc) is 3.61. The van der Waals surface area contributed by atoms with Crippen molar-refractivity contribution in [1.82, 2.24) is 25.2 Å². The highest BCUT2D eigenvalue weighted by Crippen LogP contribution is 2.41. The van der Waals surface area contributed by atoms with Crippen molar-refractivity contribution in [2.75, 3.05) is 44.3 Å². The molecule has 6 bridgehead atoms. The van der Waals surface area contributed by atoms with Gasteiger partial charge in [-0.25, -0.2) is 13.6 Å². The zero-order valence-corrected chi connectivity index (χ0v) is 25.4. The summed E-state index contributed by atoms with van der Waals surface area (Å²) in [4.78, 5) is 31.7. The van der Waals surface area contributed by atoms with E-state index in [0.29, 0.717) is 47.4 Å². The number of aromatic nitrogens is 3. The summed E-state index contributed by atoms with van der Waals surface area (Å²) in [6.45, 7) is 5.57. The van der Waals surface area contributed by atoms with Crippen LogP contribution in [0.25, 0.3) is 32.9 Å². The fraction of sp³-hybridized carbons (Fsp3) is 0.471. The predicted molar refractivity (Wildman–Crippen MR) is 166 cm³/mol. The molecule has 0 radical (unpaired) electrons. The highest BCUT2D eigenvalue weighted by atomic mass is 19.1. The standard InChI is InChI=1S/C34H36F2N6O3/c1-33-11-3-14-41(19-33)30-24-18-37-28(23-7-2-6-21-8-9-25(35)22(26(21)23)10-17-44-32(43)40-33)27(36)29(24)38-31(39-30)45-20-34-12-4-15-42(34)16-5-13-34/h2,6-9,18H,3-5,10-17,19-20H2,1H3,(H,40,43). The molecule has 11 heteroatoms. The van der Waals surface area contributed by atoms with Gasteiger partial charge in [0.2, 0.25) is 0 Å². The summed E-state index contributed by atoms with van der Waals surface area (Å²) in [5.41, 5.74) is 0.282. The lowest BCUT2D eigenvalue weighted by atomic mass is 9.91. The third kappa shape index (κ3) is 4.83. The van der Waals surface area contributed by atoms with E-state index in [-0.39, 0.29) is 35.8 Å². The summed E-state index contributed by atoms with van der Waals surface area (Å²) in [6.07, 6.45) is 7.04. The maximum absolute atomic E-state index is 16.9. The predicted octanol–water partition coefficient (Wildman–Crippen LogP) is 5.77. The van der Waals surface area contributed by atoms with Crippen molar-refractivity contribution in [2.45, 2.75) is 62.9 Å². The molecule has 0 spiro atoms. The number of amides is 1. The van der Waals surface area contributed by atoms with Gasteiger partial charge in [0, 0.05) is 31.3 Å². The Morgan fingerprint density at radius 3 is 2.71 bits per heavy atom. The molecule has 2 aromatic heterocycles. The number of alkyl carbamates (subject to hydrolysis) is 1. The largest absolute Gasteiger partial charge is 0.461 e. The van der Waals surface area contributed by atoms with Gasteiger partial charge in [0.05, 0.1) is 23.1 Å². The minimum Gasteiger partial charge on any atom is -0.461 e. The number of anilines is 1. The zero-order valence-electron chi connectivity index (χ0n) is 25.4. The number of fused-ring (bicyclic) bond motifs is 6. The molecule has 7 heterocycles. The first kappa shape index (κ1) is 28.4. The molecular formula is C34H36F2N6O3. The second kappa shape index (κ2) is 10.8. The molecule has 9 rings (SSSR count). The van der Waals surface area contributed by atoms with Crippen LogP contribution in [0.4, 0.5) is 19.4 Å². The summed E-state index contributed by atoms with van der Waals surface area (Å²) >= 11 is 0. The average molecular weight is 615 g/mol. The number of ether oxygens (including phenoxy) is 2. The first-order valence-electron chi connectivity index (χ1n) is 16.0. The molecule has 0 saturated carbocycles. The van der Waals surface area contributed by atoms with Crippen LogP contribution < -0.4 is 15.0 Å². The summed E-state index contributed by atoms with van der Waals surface area (Å²) in [6, 6.07) is 8.56. The van der Waals surface area contributed by atoms with Crippen molar-refractivity contribution in [2.24, 2.45) is 0 Å². The Morgan fingerprint density at radius 2 is 1.87 bits per heavy atom. The van der Waals surface area contributed by atoms with E-state index in [2.05, 4.69) is 25.1 Å². The van der Waals surface area contributed by atoms with Gasteiger partial charge in [0.1, 0.15) is 29.5 Å². The first-order chi connectivity index (χ1) is 21.8. The van der Waals surface area contributed by atoms with E-state index < -0.39 is 23.3 Å². The van der Waals surface area contributed by atoms with Crippen LogP contribution in [-0.2, 0) is 11.2 Å². The number of benzene rings is 2. The number of halogens is 2. The Bertz CT molecular complexity index is 1830. The summed E-state index contributed by atoms with van der Waals surface area (Å²) in [5.74, 6) is -0.552. The Labute approximate surface area is 259 Å². The Morgan fingerprint density at radius 1 is 1.04 bits per heavy atom. The summed E-state index contributed by atoms with van der Waals surface area (Å²) in [5, 5.41) is 4.75. The van der Waals surface area contributed by atoms with Gasteiger partial charge < -0.3 is 19.7 Å². The molecule has 9 nitrogen and oxygen atoms in total. The van der Waals surface area contributed by atoms with Crippen LogP contribution in [0.15, 0.2) is 36.5 Å². The number of nitrogens with zero attached hydrogens (tertiary/aromatic N) is 5. The van der Waals surface area contributed by atoms with Crippen molar-refractivity contribution in [3.63, 3.8) is 0 Å². The van der Waals surface area contributed by atoms with E-state index in [0.717, 1.165) is 57.0 Å². The zero-order chi connectivity index (χ0) is 30.8. The fourth-order valence-electron chi connectivity index (χ4n) is 8.10. The molecule has 5 aliphatic rings. The van der Waals surface area contributed by atoms with Crippen molar-refractivity contribution in [3.8, 4) is 17.3 Å². The van der Waals surface area contributed by atoms with Crippen molar-refractivity contribution >= 4 is 33.6 Å². The minimum atomic E-state index is -0.637. The summed E-state index contributed by atoms with van der Waals surface area (Å²) < 4.78 is 44.2. The third-order valence-corrected chi connectivity index (χ3v) is 10.3. The van der Waals surface area contributed by atoms with Crippen LogP contribution in [0.2, 0.25) is 0 Å². The van der Waals surface area contributed by atoms with E-state index in [1.807, 2.05) is 13.0 Å². The molecule has 4 aromatic rings. The molecule has 3 saturated heterocycles. The number of carbonyl (C=O) groups excluding carboxylic acids is 1. The van der Waals surface area contributed by atoms with Crippen LogP contribution in [0.1, 0.15) is 51.0 Å². The Balaban J connectivity index is 1.32. The maximum Gasteiger partial charge on any atom is 0.407 e. The summed E-state index contributed by atoms with van der Waals surface area (Å²) in [7, 11) is 0. The minimum absolute atomic E-state index is 0.0350. The number of piperidine rings is 1. The maximum atomic E-state index is 16.9. The van der Waals surface area contributed by atoms with Crippen LogP contribution in [0.3, 0.4) is 0 Å². The topological polar surface area (TPSA) is 92.7 Å². The van der Waals surface area contributed by atoms with Crippen LogP contribution in [-0.4, -0.2) is 76.4 Å². The molecule has 1 amide bonds. The Hall–Kier alpha value is -4.12. The molecule has 5 aliphatic heterocycles. The molecule has 3 fully saturated rings. The monoisotopic (exact) mass is 614 g/mol. The number of pyridine rings is 1. The normalized spacial score (nSPS) is 23.0. The Kier molecular flexibility index (Phi) is 6.78. The van der Waals surface area contributed by atoms with Gasteiger partial charge in [-0.1, -0.05) is 24.3 Å². The van der Waals surface area contributed by atoms with Crippen molar-refractivity contribution in [3.05, 3.63) is 53.7 Å². The van der Waals surface area contributed by atoms with Crippen molar-refractivity contribution < 1.29 is 23.0 Å². The van der Waals surface area contributed by atoms with E-state index in [1.165, 1.54) is 6.07 Å². The van der Waals surface area contributed by atoms with E-state index >= 15 is 8.78 Å². The molecule has 2 aromatic carbocycles. The molecule has 0 aliphatic carbocycles. The quantitative estimate of drug-likeness (QED) is 0.311. The number of hydrogen-bond acceptors (Lipinski definition) is 8. The molecule has 1 N–H and O–H groups in total. The smallest absolute Gasteiger partial charge is 0.407 e. The van der Waals surface area contributed by atoms with Crippen molar-refractivity contribution in [1.29, 1.82) is 0 Å². The van der Waals surface area contributed by atoms with Crippen LogP contribution >= 0.6 is 0 Å². The van der Waals surface area contributed by atoms with Gasteiger partial charge >= 0.3 is 12.1 Å². The van der Waals surface area contributed by atoms with Gasteiger partial charge in [-0.05, 0) is 80.9 Å². The van der Waals surface area contributed by atoms with Crippen LogP contribution in [0, 0.1) is 11.6 Å². The lowest BCUT2D eigenvalue weighted by Gasteiger charge is -2.41. The number of rotatable bonds is 3. The highest BCUT2D eigenvalue weighted by Gasteiger charge is 2.45. The lowest BCUT2D eigenvalue weighted by Crippen LogP contribution is -2.57. The van der Waals surface area contributed by atoms with Gasteiger partial charge in [0.15, 0.2) is 5.82 Å². The molecule has 1 atom stereocenters. The number of hydrogen-bond donors (Lipinski definition) is 1. The van der Waals surface area contributed by atoms with Gasteiger partial charge in [0.25, 0.3) is 0 Å². The fourth-order valence-corrected chi connectivity index (χ4v) is 8.10. The van der Waals surface area contributed by atoms with E-state index in [9.17, 15) is 4.79 Å². The van der Waals surface area contributed by atoms with Gasteiger partial charge in [-0.15, -0.1) is 0 Å². The second-order valence-electron chi connectivity index (χ2n) is 13.2. The first-order valence-corrected chi connectivity index (χ1v) is 16.0. The van der Waals surface area contributed by atoms with E-state index in [1.54, 1.807) is 24.4 Å². The molecular weight excluding hydrogens is 578 g/mol. The molecule has 234 valence electrons. The molecule has 1 unspecified atom stereocenters. The highest BCUT2D eigenvalue weighted by molar-refractivity contribution is 6.01. The van der Waals surface area contributed by atoms with Crippen LogP contribution in [0.5, 0.6) is 6.01 Å². The number of nitrogens with one attached hydrogen (secondary N) is 1. The SMILES string of the molecule is CC12CCCN(C1)c1nc(OCC34CCCN3CCC4)nc3c(F)c(ncc13)-c1cccc3ccc(F)c(c13)CCOC(=O)N2. The number of carbonyl (C=O) groups is 1. The third-order valence-electron chi connectivity index (χ3n) is 10.3. The second-order valence-corrected chi connectivity index (χ2v) is 13.2. The van der Waals surface area contributed by atoms with Gasteiger partial charge in [-0.2, -0.15) is 9.97 Å². The lowest BCUT2D eigenvalue weighted by molar-refractivity contribution is 0.107. The molecule has 45 heavy (non-hydrogen) atoms. The van der Waals surface area contributed by atoms with Gasteiger partial charge in [-0.3, -0.25) is 9.88 Å². The van der Waals surface area contributed by atoms with E-state index in [4.69, 9.17) is 14.5 Å².